The standard InChI is InChI=1S/C17H24N4O/c1-2-4-14-17(22)18-9-10-21(14)16-12-5-3-6-13(12)19-15(20-16)11-7-8-11/h11,14H,2-10H2,1H3,(H,18,22)/t14-/m0/s1. The Balaban J connectivity index is 1.75. The zero-order valence-corrected chi connectivity index (χ0v) is 13.3. The number of carbonyl (C=O) groups is 1. The van der Waals surface area contributed by atoms with Crippen LogP contribution in [0.25, 0.3) is 0 Å². The predicted octanol–water partition coefficient (Wildman–Crippen LogP) is 1.95. The third kappa shape index (κ3) is 2.36. The summed E-state index contributed by atoms with van der Waals surface area (Å²) in [7, 11) is 0. The minimum absolute atomic E-state index is 0.0644. The molecule has 0 unspecified atom stereocenters. The number of rotatable bonds is 4. The summed E-state index contributed by atoms with van der Waals surface area (Å²) in [6, 6.07) is -0.0644. The van der Waals surface area contributed by atoms with E-state index in [0.29, 0.717) is 5.92 Å². The molecule has 1 aromatic heterocycles. The number of piperazine rings is 1. The van der Waals surface area contributed by atoms with Crippen LogP contribution in [0, 0.1) is 0 Å². The second-order valence-corrected chi connectivity index (χ2v) is 6.75. The Kier molecular flexibility index (Phi) is 3.51. The highest BCUT2D eigenvalue weighted by Gasteiger charge is 2.35. The molecule has 0 spiro atoms. The van der Waals surface area contributed by atoms with Crippen LogP contribution in [0.4, 0.5) is 5.82 Å². The van der Waals surface area contributed by atoms with Gasteiger partial charge in [0.1, 0.15) is 17.7 Å². The number of fused-ring (bicyclic) bond motifs is 1. The minimum Gasteiger partial charge on any atom is -0.353 e. The van der Waals surface area contributed by atoms with Crippen LogP contribution in [0.1, 0.15) is 62.0 Å². The molecule has 5 heteroatoms. The molecule has 0 radical (unpaired) electrons. The summed E-state index contributed by atoms with van der Waals surface area (Å²) in [4.78, 5) is 24.3. The number of anilines is 1. The summed E-state index contributed by atoms with van der Waals surface area (Å²) in [5, 5.41) is 3.01. The number of nitrogens with one attached hydrogen (secondary N) is 1. The molecule has 5 nitrogen and oxygen atoms in total. The average Bonchev–Trinajstić information content (AvgIpc) is 3.26. The molecule has 1 amide bonds. The Bertz CT molecular complexity index is 597. The van der Waals surface area contributed by atoms with E-state index in [1.807, 2.05) is 0 Å². The molecular formula is C17H24N4O. The molecule has 0 aromatic carbocycles. The fourth-order valence-corrected chi connectivity index (χ4v) is 3.72. The smallest absolute Gasteiger partial charge is 0.242 e. The summed E-state index contributed by atoms with van der Waals surface area (Å²) in [5.41, 5.74) is 2.55. The van der Waals surface area contributed by atoms with Gasteiger partial charge in [-0.05, 0) is 38.5 Å². The molecule has 22 heavy (non-hydrogen) atoms. The van der Waals surface area contributed by atoms with E-state index in [2.05, 4.69) is 17.1 Å². The molecular weight excluding hydrogens is 276 g/mol. The van der Waals surface area contributed by atoms with Crippen molar-refractivity contribution in [3.63, 3.8) is 0 Å². The molecule has 2 aliphatic carbocycles. The Hall–Kier alpha value is -1.65. The van der Waals surface area contributed by atoms with Crippen molar-refractivity contribution in [1.29, 1.82) is 0 Å². The van der Waals surface area contributed by atoms with E-state index >= 15 is 0 Å². The fourth-order valence-electron chi connectivity index (χ4n) is 3.72. The lowest BCUT2D eigenvalue weighted by Gasteiger charge is -2.37. The second-order valence-electron chi connectivity index (χ2n) is 6.75. The van der Waals surface area contributed by atoms with Crippen LogP contribution in [-0.2, 0) is 17.6 Å². The van der Waals surface area contributed by atoms with Crippen LogP contribution in [0.5, 0.6) is 0 Å². The highest BCUT2D eigenvalue weighted by atomic mass is 16.2. The summed E-state index contributed by atoms with van der Waals surface area (Å²) >= 11 is 0. The van der Waals surface area contributed by atoms with E-state index in [1.165, 1.54) is 30.5 Å². The van der Waals surface area contributed by atoms with Gasteiger partial charge in [-0.1, -0.05) is 13.3 Å². The number of aromatic nitrogens is 2. The molecule has 2 heterocycles. The summed E-state index contributed by atoms with van der Waals surface area (Å²) < 4.78 is 0. The van der Waals surface area contributed by atoms with Gasteiger partial charge in [-0.2, -0.15) is 0 Å². The molecule has 2 fully saturated rings. The molecule has 118 valence electrons. The molecule has 1 aliphatic heterocycles. The second kappa shape index (κ2) is 5.52. The topological polar surface area (TPSA) is 58.1 Å². The monoisotopic (exact) mass is 300 g/mol. The van der Waals surface area contributed by atoms with Gasteiger partial charge >= 0.3 is 0 Å². The number of nitrogens with zero attached hydrogens (tertiary/aromatic N) is 3. The number of hydrogen-bond acceptors (Lipinski definition) is 4. The van der Waals surface area contributed by atoms with Crippen molar-refractivity contribution in [3.05, 3.63) is 17.1 Å². The molecule has 0 bridgehead atoms. The van der Waals surface area contributed by atoms with Gasteiger partial charge < -0.3 is 10.2 Å². The van der Waals surface area contributed by atoms with Gasteiger partial charge in [0, 0.05) is 30.3 Å². The maximum Gasteiger partial charge on any atom is 0.242 e. The largest absolute Gasteiger partial charge is 0.353 e. The van der Waals surface area contributed by atoms with E-state index < -0.39 is 0 Å². The first-order valence-electron chi connectivity index (χ1n) is 8.72. The number of aryl methyl sites for hydroxylation is 1. The summed E-state index contributed by atoms with van der Waals surface area (Å²) in [5.74, 6) is 2.81. The molecule has 3 aliphatic rings. The third-order valence-electron chi connectivity index (χ3n) is 5.04. The highest BCUT2D eigenvalue weighted by molar-refractivity contribution is 5.86. The maximum atomic E-state index is 12.3. The third-order valence-corrected chi connectivity index (χ3v) is 5.04. The Morgan fingerprint density at radius 3 is 2.91 bits per heavy atom. The first-order valence-corrected chi connectivity index (χ1v) is 8.72. The van der Waals surface area contributed by atoms with Gasteiger partial charge in [0.25, 0.3) is 0 Å². The van der Waals surface area contributed by atoms with Crippen molar-refractivity contribution in [2.24, 2.45) is 0 Å². The maximum absolute atomic E-state index is 12.3. The van der Waals surface area contributed by atoms with E-state index in [-0.39, 0.29) is 11.9 Å². The highest BCUT2D eigenvalue weighted by Crippen LogP contribution is 2.41. The molecule has 1 saturated heterocycles. The fraction of sp³-hybridized carbons (Fsp3) is 0.706. The predicted molar refractivity (Wildman–Crippen MR) is 85.1 cm³/mol. The van der Waals surface area contributed by atoms with Gasteiger partial charge in [-0.3, -0.25) is 4.79 Å². The SMILES string of the molecule is CCC[C@H]1C(=O)NCCN1c1nc(C2CC2)nc2c1CCC2. The van der Waals surface area contributed by atoms with Crippen molar-refractivity contribution in [2.75, 3.05) is 18.0 Å². The lowest BCUT2D eigenvalue weighted by molar-refractivity contribution is -0.123. The molecule has 1 saturated carbocycles. The lowest BCUT2D eigenvalue weighted by atomic mass is 10.1. The van der Waals surface area contributed by atoms with E-state index in [9.17, 15) is 4.79 Å². The number of hydrogen-bond donors (Lipinski definition) is 1. The van der Waals surface area contributed by atoms with Crippen LogP contribution in [0.3, 0.4) is 0 Å². The van der Waals surface area contributed by atoms with Gasteiger partial charge in [0.15, 0.2) is 0 Å². The summed E-state index contributed by atoms with van der Waals surface area (Å²) in [6.45, 7) is 3.72. The van der Waals surface area contributed by atoms with Gasteiger partial charge in [0.2, 0.25) is 5.91 Å². The van der Waals surface area contributed by atoms with Gasteiger partial charge in [0.05, 0.1) is 0 Å². The van der Waals surface area contributed by atoms with E-state index in [0.717, 1.165) is 50.4 Å². The van der Waals surface area contributed by atoms with E-state index in [4.69, 9.17) is 9.97 Å². The molecule has 1 N–H and O–H groups in total. The van der Waals surface area contributed by atoms with Crippen molar-refractivity contribution in [3.8, 4) is 0 Å². The zero-order chi connectivity index (χ0) is 15.1. The number of carbonyl (C=O) groups excluding carboxylic acids is 1. The zero-order valence-electron chi connectivity index (χ0n) is 13.3. The molecule has 4 rings (SSSR count). The summed E-state index contributed by atoms with van der Waals surface area (Å²) in [6.07, 6.45) is 7.65. The van der Waals surface area contributed by atoms with E-state index in [1.54, 1.807) is 0 Å². The lowest BCUT2D eigenvalue weighted by Crippen LogP contribution is -2.56. The Morgan fingerprint density at radius 2 is 2.14 bits per heavy atom. The van der Waals surface area contributed by atoms with Crippen LogP contribution < -0.4 is 10.2 Å². The van der Waals surface area contributed by atoms with Crippen LogP contribution in [0.15, 0.2) is 0 Å². The van der Waals surface area contributed by atoms with Gasteiger partial charge in [-0.15, -0.1) is 0 Å². The van der Waals surface area contributed by atoms with Crippen LogP contribution >= 0.6 is 0 Å². The Morgan fingerprint density at radius 1 is 1.27 bits per heavy atom. The minimum atomic E-state index is -0.0644. The first-order chi connectivity index (χ1) is 10.8. The van der Waals surface area contributed by atoms with Crippen LogP contribution in [-0.4, -0.2) is 35.0 Å². The Labute approximate surface area is 131 Å². The number of amides is 1. The normalized spacial score (nSPS) is 24.3. The van der Waals surface area contributed by atoms with Crippen molar-refractivity contribution in [2.45, 2.75) is 63.8 Å². The average molecular weight is 300 g/mol. The molecule has 1 aromatic rings. The van der Waals surface area contributed by atoms with Crippen molar-refractivity contribution in [1.82, 2.24) is 15.3 Å². The first kappa shape index (κ1) is 14.0. The van der Waals surface area contributed by atoms with Crippen molar-refractivity contribution < 1.29 is 4.79 Å². The van der Waals surface area contributed by atoms with Crippen LogP contribution in [0.2, 0.25) is 0 Å². The molecule has 1 atom stereocenters. The van der Waals surface area contributed by atoms with Crippen molar-refractivity contribution >= 4 is 11.7 Å². The van der Waals surface area contributed by atoms with Gasteiger partial charge in [-0.25, -0.2) is 9.97 Å². The quantitative estimate of drug-likeness (QED) is 0.923.